The van der Waals surface area contributed by atoms with Gasteiger partial charge in [0.25, 0.3) is 0 Å². The number of nitrogens with zero attached hydrogens (tertiary/aromatic N) is 2. The van der Waals surface area contributed by atoms with Crippen molar-refractivity contribution in [2.24, 2.45) is 11.1 Å². The molecule has 40 heavy (non-hydrogen) atoms. The molecule has 216 valence electrons. The summed E-state index contributed by atoms with van der Waals surface area (Å²) < 4.78 is 62.1. The summed E-state index contributed by atoms with van der Waals surface area (Å²) in [6, 6.07) is 6.76. The van der Waals surface area contributed by atoms with Gasteiger partial charge >= 0.3 is 5.97 Å². The number of carboxylic acid groups (broad SMARTS) is 1. The SMILES string of the molecule is COc1ccc2ncc(CN)c([C@@H](F)CCC3(CC(=O)O)CCN(CCSc4cc(F)cc(F)c4F)CC3)c2c1. The van der Waals surface area contributed by atoms with Gasteiger partial charge in [-0.05, 0) is 74.0 Å². The number of hydrogen-bond donors (Lipinski definition) is 2. The van der Waals surface area contributed by atoms with Crippen molar-refractivity contribution in [2.75, 3.05) is 32.5 Å². The van der Waals surface area contributed by atoms with Crippen molar-refractivity contribution in [2.45, 2.75) is 49.7 Å². The normalized spacial score (nSPS) is 16.2. The lowest BCUT2D eigenvalue weighted by atomic mass is 9.71. The maximum Gasteiger partial charge on any atom is 0.303 e. The van der Waals surface area contributed by atoms with Crippen LogP contribution in [0.3, 0.4) is 0 Å². The zero-order valence-corrected chi connectivity index (χ0v) is 23.1. The van der Waals surface area contributed by atoms with Gasteiger partial charge in [0.2, 0.25) is 0 Å². The molecule has 1 aromatic heterocycles. The van der Waals surface area contributed by atoms with Crippen LogP contribution in [0.15, 0.2) is 41.4 Å². The first kappa shape index (κ1) is 30.1. The number of benzene rings is 2. The number of alkyl halides is 1. The van der Waals surface area contributed by atoms with Crippen molar-refractivity contribution in [1.82, 2.24) is 9.88 Å². The molecule has 11 heteroatoms. The molecule has 2 aromatic carbocycles. The van der Waals surface area contributed by atoms with Crippen LogP contribution in [0.4, 0.5) is 17.6 Å². The Bertz CT molecular complexity index is 1350. The van der Waals surface area contributed by atoms with Gasteiger partial charge in [0.15, 0.2) is 11.6 Å². The molecule has 2 heterocycles. The summed E-state index contributed by atoms with van der Waals surface area (Å²) in [7, 11) is 1.54. The molecule has 0 bridgehead atoms. The summed E-state index contributed by atoms with van der Waals surface area (Å²) in [5, 5.41) is 10.3. The number of methoxy groups -OCH3 is 1. The highest BCUT2D eigenvalue weighted by atomic mass is 32.2. The van der Waals surface area contributed by atoms with Gasteiger partial charge in [-0.3, -0.25) is 9.78 Å². The maximum absolute atomic E-state index is 15.9. The van der Waals surface area contributed by atoms with Crippen molar-refractivity contribution >= 4 is 28.6 Å². The number of thioether (sulfide) groups is 1. The fourth-order valence-electron chi connectivity index (χ4n) is 5.48. The average molecular weight is 580 g/mol. The highest BCUT2D eigenvalue weighted by molar-refractivity contribution is 7.99. The Hall–Kier alpha value is -2.89. The smallest absolute Gasteiger partial charge is 0.303 e. The lowest BCUT2D eigenvalue weighted by molar-refractivity contribution is -0.141. The highest BCUT2D eigenvalue weighted by Gasteiger charge is 2.37. The van der Waals surface area contributed by atoms with Crippen LogP contribution in [-0.2, 0) is 11.3 Å². The van der Waals surface area contributed by atoms with Crippen LogP contribution in [0.1, 0.15) is 49.4 Å². The third-order valence-corrected chi connectivity index (χ3v) is 8.72. The van der Waals surface area contributed by atoms with Gasteiger partial charge in [0, 0.05) is 47.0 Å². The predicted octanol–water partition coefficient (Wildman–Crippen LogP) is 6.26. The number of aromatic nitrogens is 1. The first-order valence-electron chi connectivity index (χ1n) is 13.2. The summed E-state index contributed by atoms with van der Waals surface area (Å²) in [6.07, 6.45) is 1.81. The van der Waals surface area contributed by atoms with E-state index in [0.29, 0.717) is 78.5 Å². The van der Waals surface area contributed by atoms with Crippen molar-refractivity contribution in [3.8, 4) is 5.75 Å². The zero-order chi connectivity index (χ0) is 28.9. The van der Waals surface area contributed by atoms with E-state index in [-0.39, 0.29) is 24.3 Å². The second kappa shape index (κ2) is 13.2. The average Bonchev–Trinajstić information content (AvgIpc) is 2.94. The maximum atomic E-state index is 15.9. The monoisotopic (exact) mass is 579 g/mol. The third kappa shape index (κ3) is 7.05. The minimum atomic E-state index is -1.36. The van der Waals surface area contributed by atoms with E-state index >= 15 is 4.39 Å². The zero-order valence-electron chi connectivity index (χ0n) is 22.3. The largest absolute Gasteiger partial charge is 0.497 e. The number of pyridine rings is 1. The van der Waals surface area contributed by atoms with E-state index in [2.05, 4.69) is 9.88 Å². The number of rotatable bonds is 12. The Balaban J connectivity index is 1.41. The molecule has 1 atom stereocenters. The predicted molar refractivity (Wildman–Crippen MR) is 147 cm³/mol. The van der Waals surface area contributed by atoms with Gasteiger partial charge in [-0.25, -0.2) is 17.6 Å². The number of aliphatic carboxylic acids is 1. The van der Waals surface area contributed by atoms with E-state index < -0.39 is 35.0 Å². The van der Waals surface area contributed by atoms with E-state index in [1.165, 1.54) is 7.11 Å². The highest BCUT2D eigenvalue weighted by Crippen LogP contribution is 2.43. The Morgan fingerprint density at radius 2 is 1.98 bits per heavy atom. The van der Waals surface area contributed by atoms with Crippen LogP contribution in [0, 0.1) is 22.9 Å². The van der Waals surface area contributed by atoms with E-state index in [9.17, 15) is 23.1 Å². The topological polar surface area (TPSA) is 88.7 Å². The molecule has 3 N–H and O–H groups in total. The molecule has 4 rings (SSSR count). The summed E-state index contributed by atoms with van der Waals surface area (Å²) >= 11 is 1.03. The molecule has 1 saturated heterocycles. The van der Waals surface area contributed by atoms with Gasteiger partial charge in [-0.2, -0.15) is 0 Å². The van der Waals surface area contributed by atoms with Crippen molar-refractivity contribution < 1.29 is 32.2 Å². The van der Waals surface area contributed by atoms with Crippen LogP contribution in [-0.4, -0.2) is 53.5 Å². The molecular formula is C29H33F4N3O3S. The number of piperidine rings is 1. The quantitative estimate of drug-likeness (QED) is 0.149. The molecule has 0 radical (unpaired) electrons. The van der Waals surface area contributed by atoms with Gasteiger partial charge in [0.05, 0.1) is 19.0 Å². The van der Waals surface area contributed by atoms with Gasteiger partial charge in [-0.1, -0.05) is 0 Å². The van der Waals surface area contributed by atoms with Gasteiger partial charge < -0.3 is 20.5 Å². The van der Waals surface area contributed by atoms with E-state index in [1.807, 2.05) is 0 Å². The number of likely N-dealkylation sites (tertiary alicyclic amines) is 1. The Kier molecular flexibility index (Phi) is 9.91. The Morgan fingerprint density at radius 1 is 1.23 bits per heavy atom. The van der Waals surface area contributed by atoms with E-state index in [1.54, 1.807) is 24.4 Å². The first-order chi connectivity index (χ1) is 19.1. The van der Waals surface area contributed by atoms with Crippen molar-refractivity contribution in [1.29, 1.82) is 0 Å². The molecule has 0 saturated carbocycles. The Labute approximate surface area is 234 Å². The minimum Gasteiger partial charge on any atom is -0.497 e. The number of ether oxygens (including phenoxy) is 1. The minimum absolute atomic E-state index is 0.0647. The molecule has 1 fully saturated rings. The molecule has 0 amide bonds. The van der Waals surface area contributed by atoms with Crippen LogP contribution < -0.4 is 10.5 Å². The summed E-state index contributed by atoms with van der Waals surface area (Å²) in [5.41, 5.74) is 7.04. The van der Waals surface area contributed by atoms with Crippen LogP contribution in [0.25, 0.3) is 10.9 Å². The van der Waals surface area contributed by atoms with Crippen molar-refractivity contribution in [3.63, 3.8) is 0 Å². The molecule has 1 aliphatic rings. The summed E-state index contributed by atoms with van der Waals surface area (Å²) in [6.45, 7) is 1.85. The number of halogens is 4. The summed E-state index contributed by atoms with van der Waals surface area (Å²) in [5.74, 6) is -3.05. The van der Waals surface area contributed by atoms with Gasteiger partial charge in [0.1, 0.15) is 17.7 Å². The number of nitrogens with two attached hydrogens (primary N) is 1. The van der Waals surface area contributed by atoms with E-state index in [4.69, 9.17) is 10.5 Å². The van der Waals surface area contributed by atoms with Crippen LogP contribution >= 0.6 is 11.8 Å². The molecule has 1 aliphatic heterocycles. The summed E-state index contributed by atoms with van der Waals surface area (Å²) in [4.78, 5) is 18.2. The molecule has 0 spiro atoms. The molecule has 0 aliphatic carbocycles. The van der Waals surface area contributed by atoms with Crippen LogP contribution in [0.2, 0.25) is 0 Å². The second-order valence-corrected chi connectivity index (χ2v) is 11.4. The molecule has 3 aromatic rings. The number of carboxylic acids is 1. The lowest BCUT2D eigenvalue weighted by Gasteiger charge is -2.41. The van der Waals surface area contributed by atoms with Crippen molar-refractivity contribution in [3.05, 3.63) is 65.1 Å². The van der Waals surface area contributed by atoms with E-state index in [0.717, 1.165) is 17.8 Å². The number of hydrogen-bond acceptors (Lipinski definition) is 6. The number of carbonyl (C=O) groups is 1. The van der Waals surface area contributed by atoms with Crippen LogP contribution in [0.5, 0.6) is 5.75 Å². The third-order valence-electron chi connectivity index (χ3n) is 7.73. The number of fused-ring (bicyclic) bond motifs is 1. The fraction of sp³-hybridized carbons (Fsp3) is 0.448. The lowest BCUT2D eigenvalue weighted by Crippen LogP contribution is -2.42. The molecule has 0 unspecified atom stereocenters. The molecular weight excluding hydrogens is 546 g/mol. The fourth-order valence-corrected chi connectivity index (χ4v) is 6.47. The Morgan fingerprint density at radius 3 is 2.65 bits per heavy atom. The second-order valence-electron chi connectivity index (χ2n) is 10.3. The van der Waals surface area contributed by atoms with Gasteiger partial charge in [-0.15, -0.1) is 11.8 Å². The standard InChI is InChI=1S/C29H33F4N3O3S/c1-39-20-2-3-24-21(14-20)27(18(16-34)17-35-24)22(31)4-5-29(15-26(37)38)6-8-36(9-7-29)10-11-40-25-13-19(30)12-23(32)28(25)33/h2-3,12-14,17,22H,4-11,15-16,34H2,1H3,(H,37,38)/t22-/m0/s1. The first-order valence-corrected chi connectivity index (χ1v) is 14.1. The molecule has 6 nitrogen and oxygen atoms in total.